The van der Waals surface area contributed by atoms with Crippen molar-refractivity contribution in [3.63, 3.8) is 0 Å². The van der Waals surface area contributed by atoms with Crippen LogP contribution in [0, 0.1) is 0 Å². The van der Waals surface area contributed by atoms with Crippen molar-refractivity contribution >= 4 is 0 Å². The Labute approximate surface area is 71.4 Å². The third kappa shape index (κ3) is 2.02. The van der Waals surface area contributed by atoms with Gasteiger partial charge < -0.3 is 15.0 Å². The molecule has 0 saturated heterocycles. The second-order valence-electron chi connectivity index (χ2n) is 2.70. The molecular formula is C7H14N4O. The average Bonchev–Trinajstić information content (AvgIpc) is 2.47. The summed E-state index contributed by atoms with van der Waals surface area (Å²) in [5.74, 6) is 0.878. The summed E-state index contributed by atoms with van der Waals surface area (Å²) in [7, 11) is 1.90. The van der Waals surface area contributed by atoms with Gasteiger partial charge >= 0.3 is 0 Å². The van der Waals surface area contributed by atoms with Gasteiger partial charge in [-0.2, -0.15) is 0 Å². The maximum absolute atomic E-state index is 8.58. The van der Waals surface area contributed by atoms with E-state index in [1.807, 2.05) is 18.5 Å². The Kier molecular flexibility index (Phi) is 3.19. The first-order valence-corrected chi connectivity index (χ1v) is 3.94. The Morgan fingerprint density at radius 1 is 1.75 bits per heavy atom. The highest BCUT2D eigenvalue weighted by Gasteiger charge is 2.08. The number of hydrogen-bond donors (Lipinski definition) is 2. The van der Waals surface area contributed by atoms with Gasteiger partial charge in [0.15, 0.2) is 0 Å². The zero-order valence-corrected chi connectivity index (χ0v) is 7.36. The molecule has 0 aliphatic carbocycles. The van der Waals surface area contributed by atoms with E-state index in [1.165, 1.54) is 0 Å². The van der Waals surface area contributed by atoms with E-state index in [4.69, 9.17) is 5.11 Å². The van der Waals surface area contributed by atoms with Crippen LogP contribution in [0.15, 0.2) is 6.33 Å². The van der Waals surface area contributed by atoms with Crippen LogP contribution in [0.2, 0.25) is 0 Å². The fraction of sp³-hybridized carbons (Fsp3) is 0.714. The van der Waals surface area contributed by atoms with Gasteiger partial charge in [0.05, 0.1) is 12.6 Å². The van der Waals surface area contributed by atoms with Crippen LogP contribution in [0.4, 0.5) is 0 Å². The van der Waals surface area contributed by atoms with Crippen LogP contribution in [0.25, 0.3) is 0 Å². The molecule has 0 bridgehead atoms. The Morgan fingerprint density at radius 3 is 3.00 bits per heavy atom. The normalized spacial score (nSPS) is 13.2. The monoisotopic (exact) mass is 170 g/mol. The third-order valence-corrected chi connectivity index (χ3v) is 1.70. The molecule has 1 aromatic rings. The summed E-state index contributed by atoms with van der Waals surface area (Å²) in [5.41, 5.74) is 0. The molecule has 0 fully saturated rings. The highest BCUT2D eigenvalue weighted by Crippen LogP contribution is 2.05. The molecule has 68 valence electrons. The zero-order valence-electron chi connectivity index (χ0n) is 7.36. The molecule has 5 heteroatoms. The van der Waals surface area contributed by atoms with Gasteiger partial charge in [0, 0.05) is 13.6 Å². The largest absolute Gasteiger partial charge is 0.395 e. The second-order valence-corrected chi connectivity index (χ2v) is 2.70. The summed E-state index contributed by atoms with van der Waals surface area (Å²) >= 11 is 0. The fourth-order valence-corrected chi connectivity index (χ4v) is 1.06. The van der Waals surface area contributed by atoms with Crippen molar-refractivity contribution in [2.75, 3.05) is 13.2 Å². The molecular weight excluding hydrogens is 156 g/mol. The average molecular weight is 170 g/mol. The van der Waals surface area contributed by atoms with Crippen LogP contribution in [-0.4, -0.2) is 33.0 Å². The summed E-state index contributed by atoms with van der Waals surface area (Å²) < 4.78 is 1.86. The van der Waals surface area contributed by atoms with E-state index in [9.17, 15) is 0 Å². The third-order valence-electron chi connectivity index (χ3n) is 1.70. The molecule has 1 atom stereocenters. The molecule has 0 amide bonds. The molecule has 2 N–H and O–H groups in total. The summed E-state index contributed by atoms with van der Waals surface area (Å²) in [6.07, 6.45) is 1.66. The summed E-state index contributed by atoms with van der Waals surface area (Å²) in [6.45, 7) is 2.70. The first-order chi connectivity index (χ1) is 5.75. The Hall–Kier alpha value is -0.940. The molecule has 0 spiro atoms. The molecule has 5 nitrogen and oxygen atoms in total. The summed E-state index contributed by atoms with van der Waals surface area (Å²) in [6, 6.07) is 0.129. The zero-order chi connectivity index (χ0) is 8.97. The van der Waals surface area contributed by atoms with Gasteiger partial charge in [-0.1, -0.05) is 0 Å². The number of rotatable bonds is 4. The molecule has 0 aliphatic rings. The highest BCUT2D eigenvalue weighted by molar-refractivity contribution is 4.91. The maximum Gasteiger partial charge on any atom is 0.149 e. The van der Waals surface area contributed by atoms with Gasteiger partial charge in [-0.05, 0) is 6.92 Å². The minimum Gasteiger partial charge on any atom is -0.395 e. The number of aryl methyl sites for hydroxylation is 1. The van der Waals surface area contributed by atoms with Crippen molar-refractivity contribution < 1.29 is 5.11 Å². The van der Waals surface area contributed by atoms with Crippen molar-refractivity contribution in [2.45, 2.75) is 13.0 Å². The number of aliphatic hydroxyl groups excluding tert-OH is 1. The van der Waals surface area contributed by atoms with E-state index in [0.717, 1.165) is 5.82 Å². The van der Waals surface area contributed by atoms with Crippen molar-refractivity contribution in [3.8, 4) is 0 Å². The Balaban J connectivity index is 2.52. The summed E-state index contributed by atoms with van der Waals surface area (Å²) in [5, 5.41) is 19.4. The van der Waals surface area contributed by atoms with Crippen LogP contribution < -0.4 is 5.32 Å². The number of nitrogens with one attached hydrogen (secondary N) is 1. The molecule has 1 heterocycles. The van der Waals surface area contributed by atoms with Gasteiger partial charge in [-0.15, -0.1) is 10.2 Å². The van der Waals surface area contributed by atoms with E-state index >= 15 is 0 Å². The molecule has 1 unspecified atom stereocenters. The van der Waals surface area contributed by atoms with Crippen LogP contribution in [0.5, 0.6) is 0 Å². The van der Waals surface area contributed by atoms with Crippen molar-refractivity contribution in [2.24, 2.45) is 7.05 Å². The van der Waals surface area contributed by atoms with Gasteiger partial charge in [0.1, 0.15) is 12.2 Å². The van der Waals surface area contributed by atoms with Gasteiger partial charge in [0.25, 0.3) is 0 Å². The van der Waals surface area contributed by atoms with Crippen LogP contribution >= 0.6 is 0 Å². The van der Waals surface area contributed by atoms with Crippen molar-refractivity contribution in [3.05, 3.63) is 12.2 Å². The van der Waals surface area contributed by atoms with E-state index in [0.29, 0.717) is 6.54 Å². The number of nitrogens with zero attached hydrogens (tertiary/aromatic N) is 3. The first-order valence-electron chi connectivity index (χ1n) is 3.94. The molecule has 0 radical (unpaired) electrons. The molecule has 1 aromatic heterocycles. The Morgan fingerprint density at radius 2 is 2.50 bits per heavy atom. The predicted octanol–water partition coefficient (Wildman–Crippen LogP) is -0.542. The Bertz CT molecular complexity index is 235. The lowest BCUT2D eigenvalue weighted by Crippen LogP contribution is -2.24. The second kappa shape index (κ2) is 4.18. The lowest BCUT2D eigenvalue weighted by Gasteiger charge is -2.10. The van der Waals surface area contributed by atoms with Crippen LogP contribution in [0.3, 0.4) is 0 Å². The smallest absolute Gasteiger partial charge is 0.149 e. The van der Waals surface area contributed by atoms with Crippen LogP contribution in [-0.2, 0) is 7.05 Å². The highest BCUT2D eigenvalue weighted by atomic mass is 16.3. The topological polar surface area (TPSA) is 63.0 Å². The summed E-state index contributed by atoms with van der Waals surface area (Å²) in [4.78, 5) is 0. The SMILES string of the molecule is CC(NCCO)c1nncn1C. The number of aromatic nitrogens is 3. The maximum atomic E-state index is 8.58. The van der Waals surface area contributed by atoms with E-state index in [1.54, 1.807) is 6.33 Å². The standard InChI is InChI=1S/C7H14N4O/c1-6(8-3-4-12)7-10-9-5-11(7)2/h5-6,8,12H,3-4H2,1-2H3. The van der Waals surface area contributed by atoms with Gasteiger partial charge in [0.2, 0.25) is 0 Å². The molecule has 12 heavy (non-hydrogen) atoms. The minimum atomic E-state index is 0.129. The molecule has 0 aliphatic heterocycles. The lowest BCUT2D eigenvalue weighted by molar-refractivity contribution is 0.284. The van der Waals surface area contributed by atoms with Crippen molar-refractivity contribution in [1.29, 1.82) is 0 Å². The van der Waals surface area contributed by atoms with E-state index in [2.05, 4.69) is 15.5 Å². The molecule has 0 aromatic carbocycles. The molecule has 1 rings (SSSR count). The predicted molar refractivity (Wildman–Crippen MR) is 44.5 cm³/mol. The minimum absolute atomic E-state index is 0.129. The lowest BCUT2D eigenvalue weighted by atomic mass is 10.3. The molecule has 0 saturated carbocycles. The first kappa shape index (κ1) is 9.15. The number of hydrogen-bond acceptors (Lipinski definition) is 4. The van der Waals surface area contributed by atoms with Crippen molar-refractivity contribution in [1.82, 2.24) is 20.1 Å². The van der Waals surface area contributed by atoms with E-state index in [-0.39, 0.29) is 12.6 Å². The van der Waals surface area contributed by atoms with E-state index < -0.39 is 0 Å². The quantitative estimate of drug-likeness (QED) is 0.637. The van der Waals surface area contributed by atoms with Gasteiger partial charge in [-0.3, -0.25) is 0 Å². The van der Waals surface area contributed by atoms with Crippen LogP contribution in [0.1, 0.15) is 18.8 Å². The fourth-order valence-electron chi connectivity index (χ4n) is 1.06. The van der Waals surface area contributed by atoms with Gasteiger partial charge in [-0.25, -0.2) is 0 Å². The number of aliphatic hydroxyl groups is 1.